The molecule has 100 valence electrons. The molecule has 0 heterocycles. The van der Waals surface area contributed by atoms with Crippen LogP contribution in [0.4, 0.5) is 0 Å². The molecule has 0 N–H and O–H groups in total. The van der Waals surface area contributed by atoms with E-state index in [-0.39, 0.29) is 0 Å². The molecule has 1 aromatic carbocycles. The van der Waals surface area contributed by atoms with Gasteiger partial charge >= 0.3 is 0 Å². The zero-order valence-electron chi connectivity index (χ0n) is 10.8. The molecule has 0 aliphatic rings. The monoisotopic (exact) mass is 262 g/mol. The number of ether oxygens (including phenoxy) is 2. The Hall–Kier alpha value is -2.55. The average molecular weight is 262 g/mol. The maximum atomic E-state index is 10.3. The highest BCUT2D eigenvalue weighted by atomic mass is 16.6. The smallest absolute Gasteiger partial charge is 0.235 e. The summed E-state index contributed by atoms with van der Waals surface area (Å²) in [4.78, 5) is 9.75. The van der Waals surface area contributed by atoms with Crippen LogP contribution in [0.5, 0.6) is 11.5 Å². The van der Waals surface area contributed by atoms with E-state index in [2.05, 4.69) is 0 Å². The van der Waals surface area contributed by atoms with Gasteiger partial charge in [-0.2, -0.15) is 5.26 Å². The summed E-state index contributed by atoms with van der Waals surface area (Å²) in [6, 6.07) is 5.06. The molecule has 0 unspecified atom stereocenters. The van der Waals surface area contributed by atoms with Crippen LogP contribution in [0.1, 0.15) is 25.0 Å². The Kier molecular flexibility index (Phi) is 5.35. The van der Waals surface area contributed by atoms with E-state index in [4.69, 9.17) is 14.7 Å². The van der Waals surface area contributed by atoms with E-state index in [1.54, 1.807) is 6.07 Å². The molecule has 0 aromatic heterocycles. The molecule has 0 aliphatic heterocycles. The molecule has 0 saturated heterocycles. The Balaban J connectivity index is 3.27. The zero-order chi connectivity index (χ0) is 14.3. The van der Waals surface area contributed by atoms with Gasteiger partial charge in [0.05, 0.1) is 29.8 Å². The molecule has 1 rings (SSSR count). The Morgan fingerprint density at radius 3 is 2.37 bits per heavy atom. The van der Waals surface area contributed by atoms with Gasteiger partial charge in [0.1, 0.15) is 0 Å². The number of hydrogen-bond donors (Lipinski definition) is 0. The lowest BCUT2D eigenvalue weighted by Gasteiger charge is -2.12. The zero-order valence-corrected chi connectivity index (χ0v) is 10.8. The van der Waals surface area contributed by atoms with Crippen molar-refractivity contribution in [2.75, 3.05) is 13.2 Å². The third kappa shape index (κ3) is 4.00. The number of nitriles is 1. The van der Waals surface area contributed by atoms with E-state index in [9.17, 15) is 10.1 Å². The first-order valence-electron chi connectivity index (χ1n) is 5.77. The molecule has 0 aliphatic carbocycles. The Labute approximate surface area is 111 Å². The van der Waals surface area contributed by atoms with Crippen LogP contribution in [-0.2, 0) is 0 Å². The predicted molar refractivity (Wildman–Crippen MR) is 69.5 cm³/mol. The lowest BCUT2D eigenvalue weighted by atomic mass is 10.1. The number of nitrogens with zero attached hydrogens (tertiary/aromatic N) is 2. The lowest BCUT2D eigenvalue weighted by Crippen LogP contribution is -2.00. The topological polar surface area (TPSA) is 85.4 Å². The van der Waals surface area contributed by atoms with Gasteiger partial charge in [-0.05, 0) is 19.9 Å². The van der Waals surface area contributed by atoms with Gasteiger partial charge in [0.15, 0.2) is 11.5 Å². The Bertz CT molecular complexity index is 532. The van der Waals surface area contributed by atoms with Crippen molar-refractivity contribution in [3.63, 3.8) is 0 Å². The predicted octanol–water partition coefficient (Wildman–Crippen LogP) is 2.60. The van der Waals surface area contributed by atoms with Crippen LogP contribution in [0.15, 0.2) is 18.3 Å². The molecule has 0 saturated carbocycles. The number of nitro groups is 1. The van der Waals surface area contributed by atoms with Gasteiger partial charge in [0.25, 0.3) is 0 Å². The van der Waals surface area contributed by atoms with E-state index < -0.39 is 4.92 Å². The minimum atomic E-state index is -0.585. The summed E-state index contributed by atoms with van der Waals surface area (Å²) in [6.07, 6.45) is 2.04. The molecule has 0 atom stereocenters. The van der Waals surface area contributed by atoms with E-state index in [1.165, 1.54) is 12.1 Å². The number of rotatable bonds is 6. The number of hydrogen-bond acceptors (Lipinski definition) is 5. The molecule has 0 spiro atoms. The van der Waals surface area contributed by atoms with Gasteiger partial charge in [0, 0.05) is 17.7 Å². The molecule has 1 aromatic rings. The molecular formula is C13H14N2O4. The fourth-order valence-electron chi connectivity index (χ4n) is 1.49. The molecule has 19 heavy (non-hydrogen) atoms. The van der Waals surface area contributed by atoms with Crippen LogP contribution in [-0.4, -0.2) is 18.1 Å². The Morgan fingerprint density at radius 2 is 1.89 bits per heavy atom. The molecule has 0 bridgehead atoms. The summed E-state index contributed by atoms with van der Waals surface area (Å²) in [5.74, 6) is 0.922. The second-order valence-electron chi connectivity index (χ2n) is 3.47. The molecule has 6 heteroatoms. The third-order valence-electron chi connectivity index (χ3n) is 2.21. The summed E-state index contributed by atoms with van der Waals surface area (Å²) in [6.45, 7) is 4.52. The van der Waals surface area contributed by atoms with E-state index in [0.717, 1.165) is 6.20 Å². The fourth-order valence-corrected chi connectivity index (χ4v) is 1.49. The third-order valence-corrected chi connectivity index (χ3v) is 2.21. The van der Waals surface area contributed by atoms with Crippen molar-refractivity contribution in [1.29, 1.82) is 5.26 Å². The van der Waals surface area contributed by atoms with Crippen LogP contribution in [0.25, 0.3) is 6.08 Å². The Morgan fingerprint density at radius 1 is 1.32 bits per heavy atom. The van der Waals surface area contributed by atoms with Crippen molar-refractivity contribution in [3.05, 3.63) is 39.6 Å². The summed E-state index contributed by atoms with van der Waals surface area (Å²) < 4.78 is 10.8. The fraction of sp³-hybridized carbons (Fsp3) is 0.308. The highest BCUT2D eigenvalue weighted by molar-refractivity contribution is 5.63. The summed E-state index contributed by atoms with van der Waals surface area (Å²) in [5, 5.41) is 19.4. The van der Waals surface area contributed by atoms with Gasteiger partial charge in [0.2, 0.25) is 6.20 Å². The van der Waals surface area contributed by atoms with Crippen molar-refractivity contribution in [3.8, 4) is 17.6 Å². The van der Waals surface area contributed by atoms with Crippen molar-refractivity contribution < 1.29 is 14.4 Å². The SMILES string of the molecule is CCOc1cc(C#N)c(/C=C/[N+](=O)[O-])cc1OCC. The quantitative estimate of drug-likeness (QED) is 0.581. The van der Waals surface area contributed by atoms with E-state index in [0.29, 0.717) is 35.8 Å². The maximum Gasteiger partial charge on any atom is 0.235 e. The number of benzene rings is 1. The van der Waals surface area contributed by atoms with Crippen molar-refractivity contribution >= 4 is 6.08 Å². The molecular weight excluding hydrogens is 248 g/mol. The van der Waals surface area contributed by atoms with E-state index in [1.807, 2.05) is 19.9 Å². The first-order chi connectivity index (χ1) is 9.12. The van der Waals surface area contributed by atoms with E-state index >= 15 is 0 Å². The minimum Gasteiger partial charge on any atom is -0.490 e. The van der Waals surface area contributed by atoms with Crippen molar-refractivity contribution in [2.24, 2.45) is 0 Å². The largest absolute Gasteiger partial charge is 0.490 e. The van der Waals surface area contributed by atoms with Crippen LogP contribution < -0.4 is 9.47 Å². The summed E-state index contributed by atoms with van der Waals surface area (Å²) >= 11 is 0. The first kappa shape index (κ1) is 14.5. The lowest BCUT2D eigenvalue weighted by molar-refractivity contribution is -0.400. The maximum absolute atomic E-state index is 10.3. The van der Waals surface area contributed by atoms with Crippen LogP contribution in [0.3, 0.4) is 0 Å². The van der Waals surface area contributed by atoms with Crippen LogP contribution in [0, 0.1) is 21.4 Å². The normalized spacial score (nSPS) is 10.2. The second kappa shape index (κ2) is 7.01. The second-order valence-corrected chi connectivity index (χ2v) is 3.47. The molecule has 0 fully saturated rings. The minimum absolute atomic E-state index is 0.296. The molecule has 6 nitrogen and oxygen atoms in total. The van der Waals surface area contributed by atoms with Gasteiger partial charge in [-0.3, -0.25) is 10.1 Å². The molecule has 0 amide bonds. The first-order valence-corrected chi connectivity index (χ1v) is 5.77. The summed E-state index contributed by atoms with van der Waals surface area (Å²) in [7, 11) is 0. The van der Waals surface area contributed by atoms with Crippen molar-refractivity contribution in [1.82, 2.24) is 0 Å². The highest BCUT2D eigenvalue weighted by Gasteiger charge is 2.11. The molecule has 0 radical (unpaired) electrons. The van der Waals surface area contributed by atoms with Crippen LogP contribution >= 0.6 is 0 Å². The van der Waals surface area contributed by atoms with Gasteiger partial charge in [-0.1, -0.05) is 0 Å². The standard InChI is InChI=1S/C13H14N2O4/c1-3-18-12-7-10(5-6-15(16)17)11(9-14)8-13(12)19-4-2/h5-8H,3-4H2,1-2H3/b6-5+. The average Bonchev–Trinajstić information content (AvgIpc) is 2.38. The van der Waals surface area contributed by atoms with Crippen molar-refractivity contribution in [2.45, 2.75) is 13.8 Å². The van der Waals surface area contributed by atoms with Crippen LogP contribution in [0.2, 0.25) is 0 Å². The van der Waals surface area contributed by atoms with Gasteiger partial charge < -0.3 is 9.47 Å². The van der Waals surface area contributed by atoms with Gasteiger partial charge in [-0.25, -0.2) is 0 Å². The highest BCUT2D eigenvalue weighted by Crippen LogP contribution is 2.31. The van der Waals surface area contributed by atoms with Gasteiger partial charge in [-0.15, -0.1) is 0 Å². The summed E-state index contributed by atoms with van der Waals surface area (Å²) in [5.41, 5.74) is 0.719.